The van der Waals surface area contributed by atoms with E-state index in [-0.39, 0.29) is 23.8 Å². The third kappa shape index (κ3) is 4.86. The summed E-state index contributed by atoms with van der Waals surface area (Å²) in [6.45, 7) is 3.80. The van der Waals surface area contributed by atoms with E-state index in [1.807, 2.05) is 12.1 Å². The molecule has 2 aromatic rings. The van der Waals surface area contributed by atoms with Gasteiger partial charge < -0.3 is 15.2 Å². The van der Waals surface area contributed by atoms with E-state index in [9.17, 15) is 14.4 Å². The number of H-pyrrole nitrogens is 1. The van der Waals surface area contributed by atoms with Gasteiger partial charge in [0.1, 0.15) is 11.6 Å². The number of aromatic amines is 1. The molecule has 0 aliphatic heterocycles. The number of pyridine rings is 1. The summed E-state index contributed by atoms with van der Waals surface area (Å²) in [6.07, 6.45) is 0.656. The fourth-order valence-corrected chi connectivity index (χ4v) is 3.02. The van der Waals surface area contributed by atoms with Crippen molar-refractivity contribution in [2.75, 3.05) is 14.1 Å². The van der Waals surface area contributed by atoms with Crippen molar-refractivity contribution in [3.63, 3.8) is 0 Å². The lowest BCUT2D eigenvalue weighted by Crippen LogP contribution is -2.25. The van der Waals surface area contributed by atoms with Crippen LogP contribution in [-0.2, 0) is 17.8 Å². The van der Waals surface area contributed by atoms with Gasteiger partial charge in [-0.05, 0) is 49.1 Å². The van der Waals surface area contributed by atoms with Crippen LogP contribution in [0.4, 0.5) is 0 Å². The number of aryl methyl sites for hydroxylation is 1. The molecule has 1 heterocycles. The van der Waals surface area contributed by atoms with E-state index >= 15 is 0 Å². The molecule has 0 saturated carbocycles. The molecular weight excluding hydrogens is 356 g/mol. The number of carbonyl (C=O) groups excluding carboxylic acids is 2. The van der Waals surface area contributed by atoms with Crippen molar-refractivity contribution in [1.82, 2.24) is 15.2 Å². The number of hydrogen-bond donors (Lipinski definition) is 2. The zero-order valence-electron chi connectivity index (χ0n) is 16.5. The molecule has 0 radical (unpaired) electrons. The third-order valence-electron chi connectivity index (χ3n) is 4.59. The van der Waals surface area contributed by atoms with Crippen LogP contribution in [-0.4, -0.2) is 35.8 Å². The summed E-state index contributed by atoms with van der Waals surface area (Å²) in [5.41, 5.74) is 3.19. The molecule has 2 N–H and O–H groups in total. The highest BCUT2D eigenvalue weighted by atomic mass is 16.2. The number of rotatable bonds is 6. The Morgan fingerprint density at radius 1 is 1.25 bits per heavy atom. The van der Waals surface area contributed by atoms with Gasteiger partial charge in [-0.1, -0.05) is 12.1 Å². The maximum absolute atomic E-state index is 12.2. The minimum atomic E-state index is -0.405. The Balaban J connectivity index is 2.00. The van der Waals surface area contributed by atoms with Gasteiger partial charge in [0.05, 0.1) is 0 Å². The quantitative estimate of drug-likeness (QED) is 0.797. The first-order valence-corrected chi connectivity index (χ1v) is 8.94. The first-order valence-electron chi connectivity index (χ1n) is 8.94. The Morgan fingerprint density at radius 3 is 2.61 bits per heavy atom. The standard InChI is InChI=1S/C21H24N4O3/c1-13-17(14(2)24-20(27)18(13)11-22)8-9-19(26)23-12-15-6-5-7-16(10-15)21(28)25(3)4/h5-7,10H,8-9,12H2,1-4H3,(H,23,26)(H,24,27). The fourth-order valence-electron chi connectivity index (χ4n) is 3.02. The van der Waals surface area contributed by atoms with Gasteiger partial charge in [-0.25, -0.2) is 0 Å². The van der Waals surface area contributed by atoms with Crippen molar-refractivity contribution in [2.45, 2.75) is 33.2 Å². The second-order valence-electron chi connectivity index (χ2n) is 6.85. The highest BCUT2D eigenvalue weighted by Crippen LogP contribution is 2.15. The Hall–Kier alpha value is -3.40. The van der Waals surface area contributed by atoms with Crippen LogP contribution in [0.2, 0.25) is 0 Å². The van der Waals surface area contributed by atoms with Crippen LogP contribution >= 0.6 is 0 Å². The lowest BCUT2D eigenvalue weighted by molar-refractivity contribution is -0.121. The van der Waals surface area contributed by atoms with E-state index in [4.69, 9.17) is 5.26 Å². The molecule has 0 saturated heterocycles. The molecule has 1 aromatic heterocycles. The Morgan fingerprint density at radius 2 is 1.96 bits per heavy atom. The van der Waals surface area contributed by atoms with Crippen molar-refractivity contribution in [2.24, 2.45) is 0 Å². The average molecular weight is 380 g/mol. The van der Waals surface area contributed by atoms with Crippen LogP contribution < -0.4 is 10.9 Å². The molecule has 7 nitrogen and oxygen atoms in total. The predicted molar refractivity (Wildman–Crippen MR) is 106 cm³/mol. The summed E-state index contributed by atoms with van der Waals surface area (Å²) in [5.74, 6) is -0.238. The lowest BCUT2D eigenvalue weighted by Gasteiger charge is -2.12. The van der Waals surface area contributed by atoms with Gasteiger partial charge in [-0.2, -0.15) is 5.26 Å². The van der Waals surface area contributed by atoms with E-state index in [0.29, 0.717) is 29.8 Å². The molecule has 7 heteroatoms. The molecule has 146 valence electrons. The van der Waals surface area contributed by atoms with Gasteiger partial charge in [0.25, 0.3) is 11.5 Å². The van der Waals surface area contributed by atoms with Gasteiger partial charge in [-0.3, -0.25) is 14.4 Å². The van der Waals surface area contributed by atoms with Crippen LogP contribution in [0.15, 0.2) is 29.1 Å². The number of nitrogens with one attached hydrogen (secondary N) is 2. The predicted octanol–water partition coefficient (Wildman–Crippen LogP) is 1.81. The Kier molecular flexibility index (Phi) is 6.72. The minimum absolute atomic E-state index is 0.0865. The molecule has 1 aromatic carbocycles. The summed E-state index contributed by atoms with van der Waals surface area (Å²) in [4.78, 5) is 40.2. The average Bonchev–Trinajstić information content (AvgIpc) is 2.65. The fraction of sp³-hybridized carbons (Fsp3) is 0.333. The summed E-state index contributed by atoms with van der Waals surface area (Å²) in [6, 6.07) is 9.05. The zero-order valence-corrected chi connectivity index (χ0v) is 16.5. The van der Waals surface area contributed by atoms with E-state index in [1.54, 1.807) is 46.1 Å². The summed E-state index contributed by atoms with van der Waals surface area (Å²) >= 11 is 0. The highest BCUT2D eigenvalue weighted by molar-refractivity contribution is 5.94. The number of aromatic nitrogens is 1. The minimum Gasteiger partial charge on any atom is -0.352 e. The molecule has 28 heavy (non-hydrogen) atoms. The number of nitriles is 1. The summed E-state index contributed by atoms with van der Waals surface area (Å²) < 4.78 is 0. The largest absolute Gasteiger partial charge is 0.352 e. The van der Waals surface area contributed by atoms with Gasteiger partial charge in [0.15, 0.2) is 0 Å². The van der Waals surface area contributed by atoms with Crippen molar-refractivity contribution >= 4 is 11.8 Å². The summed E-state index contributed by atoms with van der Waals surface area (Å²) in [5, 5.41) is 12.0. The number of benzene rings is 1. The molecular formula is C21H24N4O3. The smallest absolute Gasteiger partial charge is 0.266 e. The normalized spacial score (nSPS) is 10.2. The third-order valence-corrected chi connectivity index (χ3v) is 4.59. The molecule has 2 amide bonds. The molecule has 0 bridgehead atoms. The number of carbonyl (C=O) groups is 2. The van der Waals surface area contributed by atoms with E-state index in [1.165, 1.54) is 4.90 Å². The van der Waals surface area contributed by atoms with Crippen LogP contribution in [0.5, 0.6) is 0 Å². The van der Waals surface area contributed by atoms with Crippen LogP contribution in [0.25, 0.3) is 0 Å². The van der Waals surface area contributed by atoms with E-state index in [0.717, 1.165) is 11.1 Å². The van der Waals surface area contributed by atoms with E-state index < -0.39 is 5.56 Å². The second kappa shape index (κ2) is 9.00. The second-order valence-corrected chi connectivity index (χ2v) is 6.85. The SMILES string of the molecule is Cc1[nH]c(=O)c(C#N)c(C)c1CCC(=O)NCc1cccc(C(=O)N(C)C)c1. The van der Waals surface area contributed by atoms with E-state index in [2.05, 4.69) is 10.3 Å². The Bertz CT molecular complexity index is 1000. The maximum atomic E-state index is 12.2. The first-order chi connectivity index (χ1) is 13.2. The summed E-state index contributed by atoms with van der Waals surface area (Å²) in [7, 11) is 3.38. The highest BCUT2D eigenvalue weighted by Gasteiger charge is 2.13. The molecule has 2 rings (SSSR count). The van der Waals surface area contributed by atoms with Crippen LogP contribution in [0, 0.1) is 25.2 Å². The molecule has 0 unspecified atom stereocenters. The van der Waals surface area contributed by atoms with Gasteiger partial charge in [-0.15, -0.1) is 0 Å². The Labute approximate surface area is 164 Å². The molecule has 0 aliphatic carbocycles. The van der Waals surface area contributed by atoms with Crippen molar-refractivity contribution in [1.29, 1.82) is 5.26 Å². The van der Waals surface area contributed by atoms with Gasteiger partial charge in [0, 0.05) is 38.3 Å². The maximum Gasteiger partial charge on any atom is 0.266 e. The van der Waals surface area contributed by atoms with Crippen molar-refractivity contribution in [3.8, 4) is 6.07 Å². The number of nitrogens with zero attached hydrogens (tertiary/aromatic N) is 2. The monoisotopic (exact) mass is 380 g/mol. The van der Waals surface area contributed by atoms with Gasteiger partial charge in [0.2, 0.25) is 5.91 Å². The van der Waals surface area contributed by atoms with Crippen molar-refractivity contribution < 1.29 is 9.59 Å². The zero-order chi connectivity index (χ0) is 20.8. The van der Waals surface area contributed by atoms with Crippen LogP contribution in [0.1, 0.15) is 44.7 Å². The number of amides is 2. The van der Waals surface area contributed by atoms with Crippen molar-refractivity contribution in [3.05, 3.63) is 68.1 Å². The van der Waals surface area contributed by atoms with Crippen LogP contribution in [0.3, 0.4) is 0 Å². The molecule has 0 aliphatic rings. The topological polar surface area (TPSA) is 106 Å². The first kappa shape index (κ1) is 20.9. The molecule has 0 fully saturated rings. The molecule has 0 spiro atoms. The number of hydrogen-bond acceptors (Lipinski definition) is 4. The van der Waals surface area contributed by atoms with Gasteiger partial charge >= 0.3 is 0 Å². The molecule has 0 atom stereocenters. The lowest BCUT2D eigenvalue weighted by atomic mass is 9.99.